The fourth-order valence-electron chi connectivity index (χ4n) is 3.42. The Bertz CT molecular complexity index is 1040. The molecule has 0 amide bonds. The van der Waals surface area contributed by atoms with Crippen molar-refractivity contribution in [1.82, 2.24) is 14.3 Å². The van der Waals surface area contributed by atoms with Crippen molar-refractivity contribution >= 4 is 5.65 Å². The molecule has 4 nitrogen and oxygen atoms in total. The summed E-state index contributed by atoms with van der Waals surface area (Å²) in [6.07, 6.45) is 2.09. The maximum Gasteiger partial charge on any atom is 0.137 e. The summed E-state index contributed by atoms with van der Waals surface area (Å²) in [6.45, 7) is 1.64. The van der Waals surface area contributed by atoms with Crippen molar-refractivity contribution in [2.45, 2.75) is 13.1 Å². The van der Waals surface area contributed by atoms with Gasteiger partial charge in [0.15, 0.2) is 0 Å². The molecule has 2 aromatic carbocycles. The standard InChI is InChI=1S/C23H23N3O/c1-25(16-18-9-8-12-20(15-18)27-2)17-21-23(19-10-4-3-5-11-19)24-22-13-6-7-14-26(21)22/h3-15H,16-17H2,1-2H3. The van der Waals surface area contributed by atoms with E-state index < -0.39 is 0 Å². The number of methoxy groups -OCH3 is 1. The topological polar surface area (TPSA) is 29.8 Å². The SMILES string of the molecule is COc1cccc(CN(C)Cc2c(-c3ccccc3)nc3ccccn23)c1. The van der Waals surface area contributed by atoms with Gasteiger partial charge in [-0.05, 0) is 36.9 Å². The molecule has 136 valence electrons. The molecule has 4 aromatic rings. The molecular weight excluding hydrogens is 334 g/mol. The lowest BCUT2D eigenvalue weighted by Crippen LogP contribution is -2.18. The number of benzene rings is 2. The van der Waals surface area contributed by atoms with Crippen LogP contribution in [0.2, 0.25) is 0 Å². The van der Waals surface area contributed by atoms with Gasteiger partial charge in [-0.3, -0.25) is 4.90 Å². The molecule has 0 N–H and O–H groups in total. The second-order valence-electron chi connectivity index (χ2n) is 6.73. The highest BCUT2D eigenvalue weighted by atomic mass is 16.5. The number of hydrogen-bond donors (Lipinski definition) is 0. The van der Waals surface area contributed by atoms with Crippen LogP contribution >= 0.6 is 0 Å². The zero-order valence-corrected chi connectivity index (χ0v) is 15.7. The van der Waals surface area contributed by atoms with Gasteiger partial charge in [-0.1, -0.05) is 48.5 Å². The molecule has 0 atom stereocenters. The minimum Gasteiger partial charge on any atom is -0.497 e. The molecule has 4 heteroatoms. The molecule has 2 heterocycles. The minimum absolute atomic E-state index is 0.798. The number of hydrogen-bond acceptors (Lipinski definition) is 3. The van der Waals surface area contributed by atoms with E-state index in [0.29, 0.717) is 0 Å². The third-order valence-corrected chi connectivity index (χ3v) is 4.68. The van der Waals surface area contributed by atoms with Gasteiger partial charge in [0.1, 0.15) is 11.4 Å². The van der Waals surface area contributed by atoms with E-state index in [4.69, 9.17) is 9.72 Å². The van der Waals surface area contributed by atoms with Gasteiger partial charge >= 0.3 is 0 Å². The molecule has 0 spiro atoms. The van der Waals surface area contributed by atoms with Crippen LogP contribution < -0.4 is 4.74 Å². The van der Waals surface area contributed by atoms with E-state index in [2.05, 4.69) is 71.1 Å². The second-order valence-corrected chi connectivity index (χ2v) is 6.73. The predicted molar refractivity (Wildman–Crippen MR) is 109 cm³/mol. The molecular formula is C23H23N3O. The minimum atomic E-state index is 0.798. The van der Waals surface area contributed by atoms with Gasteiger partial charge in [0.2, 0.25) is 0 Å². The monoisotopic (exact) mass is 357 g/mol. The molecule has 4 rings (SSSR count). The Morgan fingerprint density at radius 3 is 2.56 bits per heavy atom. The van der Waals surface area contributed by atoms with Gasteiger partial charge < -0.3 is 9.14 Å². The highest BCUT2D eigenvalue weighted by molar-refractivity contribution is 5.66. The van der Waals surface area contributed by atoms with Crippen molar-refractivity contribution in [2.75, 3.05) is 14.2 Å². The number of pyridine rings is 1. The summed E-state index contributed by atoms with van der Waals surface area (Å²) < 4.78 is 7.53. The Balaban J connectivity index is 1.66. The Labute approximate surface area is 159 Å². The molecule has 0 saturated heterocycles. The summed E-state index contributed by atoms with van der Waals surface area (Å²) >= 11 is 0. The van der Waals surface area contributed by atoms with Gasteiger partial charge in [0.05, 0.1) is 18.5 Å². The average Bonchev–Trinajstić information content (AvgIpc) is 3.07. The van der Waals surface area contributed by atoms with Crippen molar-refractivity contribution in [2.24, 2.45) is 0 Å². The van der Waals surface area contributed by atoms with Crippen molar-refractivity contribution in [3.63, 3.8) is 0 Å². The number of aromatic nitrogens is 2. The number of imidazole rings is 1. The van der Waals surface area contributed by atoms with E-state index in [0.717, 1.165) is 35.7 Å². The van der Waals surface area contributed by atoms with Gasteiger partial charge in [0.25, 0.3) is 0 Å². The summed E-state index contributed by atoms with van der Waals surface area (Å²) in [5.74, 6) is 0.890. The first-order valence-electron chi connectivity index (χ1n) is 9.07. The summed E-state index contributed by atoms with van der Waals surface area (Å²) in [6, 6.07) is 24.7. The average molecular weight is 357 g/mol. The zero-order valence-electron chi connectivity index (χ0n) is 15.7. The Kier molecular flexibility index (Phi) is 4.90. The first-order valence-corrected chi connectivity index (χ1v) is 9.07. The molecule has 2 aromatic heterocycles. The lowest BCUT2D eigenvalue weighted by Gasteiger charge is -2.18. The first kappa shape index (κ1) is 17.3. The van der Waals surface area contributed by atoms with Crippen LogP contribution in [0.3, 0.4) is 0 Å². The fourth-order valence-corrected chi connectivity index (χ4v) is 3.42. The predicted octanol–water partition coefficient (Wildman–Crippen LogP) is 4.64. The van der Waals surface area contributed by atoms with Gasteiger partial charge in [-0.15, -0.1) is 0 Å². The first-order chi connectivity index (χ1) is 13.2. The largest absolute Gasteiger partial charge is 0.497 e. The molecule has 0 aliphatic heterocycles. The van der Waals surface area contributed by atoms with Crippen molar-refractivity contribution in [3.05, 3.63) is 90.3 Å². The van der Waals surface area contributed by atoms with Gasteiger partial charge in [-0.2, -0.15) is 0 Å². The van der Waals surface area contributed by atoms with Crippen molar-refractivity contribution in [3.8, 4) is 17.0 Å². The molecule has 27 heavy (non-hydrogen) atoms. The van der Waals surface area contributed by atoms with Crippen LogP contribution in [0.15, 0.2) is 79.0 Å². The summed E-state index contributed by atoms with van der Waals surface area (Å²) in [5, 5.41) is 0. The molecule has 0 aliphatic carbocycles. The van der Waals surface area contributed by atoms with Crippen LogP contribution in [0.4, 0.5) is 0 Å². The summed E-state index contributed by atoms with van der Waals surface area (Å²) in [4.78, 5) is 7.19. The molecule has 0 fully saturated rings. The van der Waals surface area contributed by atoms with E-state index in [9.17, 15) is 0 Å². The van der Waals surface area contributed by atoms with Crippen molar-refractivity contribution < 1.29 is 4.74 Å². The lowest BCUT2D eigenvalue weighted by molar-refractivity contribution is 0.314. The van der Waals surface area contributed by atoms with E-state index in [1.165, 1.54) is 11.3 Å². The number of nitrogens with zero attached hydrogens (tertiary/aromatic N) is 3. The quantitative estimate of drug-likeness (QED) is 0.503. The maximum absolute atomic E-state index is 5.34. The van der Waals surface area contributed by atoms with Crippen LogP contribution in [-0.2, 0) is 13.1 Å². The molecule has 0 aliphatic rings. The van der Waals surface area contributed by atoms with Gasteiger partial charge in [0, 0.05) is 24.8 Å². The Morgan fingerprint density at radius 1 is 0.926 bits per heavy atom. The zero-order chi connectivity index (χ0) is 18.6. The highest BCUT2D eigenvalue weighted by Gasteiger charge is 2.15. The summed E-state index contributed by atoms with van der Waals surface area (Å²) in [5.41, 5.74) is 5.58. The fraction of sp³-hybridized carbons (Fsp3) is 0.174. The van der Waals surface area contributed by atoms with Crippen LogP contribution in [0, 0.1) is 0 Å². The highest BCUT2D eigenvalue weighted by Crippen LogP contribution is 2.26. The Hall–Kier alpha value is -3.11. The second kappa shape index (κ2) is 7.64. The molecule has 0 unspecified atom stereocenters. The van der Waals surface area contributed by atoms with Crippen LogP contribution in [0.25, 0.3) is 16.9 Å². The van der Waals surface area contributed by atoms with E-state index >= 15 is 0 Å². The van der Waals surface area contributed by atoms with E-state index in [1.54, 1.807) is 7.11 Å². The smallest absolute Gasteiger partial charge is 0.137 e. The van der Waals surface area contributed by atoms with E-state index in [1.807, 2.05) is 24.3 Å². The molecule has 0 bridgehead atoms. The third-order valence-electron chi connectivity index (χ3n) is 4.68. The van der Waals surface area contributed by atoms with Crippen LogP contribution in [0.1, 0.15) is 11.3 Å². The Morgan fingerprint density at radius 2 is 1.74 bits per heavy atom. The summed E-state index contributed by atoms with van der Waals surface area (Å²) in [7, 11) is 3.84. The number of ether oxygens (including phenoxy) is 1. The van der Waals surface area contributed by atoms with Gasteiger partial charge in [-0.25, -0.2) is 4.98 Å². The maximum atomic E-state index is 5.34. The number of rotatable bonds is 6. The lowest BCUT2D eigenvalue weighted by atomic mass is 10.1. The van der Waals surface area contributed by atoms with Crippen LogP contribution in [-0.4, -0.2) is 28.4 Å². The van der Waals surface area contributed by atoms with E-state index in [-0.39, 0.29) is 0 Å². The van der Waals surface area contributed by atoms with Crippen LogP contribution in [0.5, 0.6) is 5.75 Å². The molecule has 0 radical (unpaired) electrons. The third kappa shape index (κ3) is 3.71. The molecule has 0 saturated carbocycles. The van der Waals surface area contributed by atoms with Crippen molar-refractivity contribution in [1.29, 1.82) is 0 Å². The normalized spacial score (nSPS) is 11.2. The number of fused-ring (bicyclic) bond motifs is 1.